The molecule has 0 atom stereocenters. The van der Waals surface area contributed by atoms with Crippen molar-refractivity contribution in [2.45, 2.75) is 110 Å². The normalized spacial score (nSPS) is 11.9. The average Bonchev–Trinajstić information content (AvgIpc) is 2.61. The zero-order valence-electron chi connectivity index (χ0n) is 20.5. The van der Waals surface area contributed by atoms with Crippen molar-refractivity contribution in [1.29, 1.82) is 0 Å². The van der Waals surface area contributed by atoms with Gasteiger partial charge in [-0.3, -0.25) is 9.11 Å². The smallest absolute Gasteiger partial charge is 0.330 e. The average molecular weight is 454 g/mol. The van der Waals surface area contributed by atoms with E-state index in [4.69, 9.17) is 17.5 Å². The molecule has 0 saturated carbocycles. The van der Waals surface area contributed by atoms with Crippen molar-refractivity contribution in [1.82, 2.24) is 5.32 Å². The Morgan fingerprint density at radius 3 is 1.20 bits per heavy atom. The molecule has 0 aromatic carbocycles. The molecule has 6 nitrogen and oxygen atoms in total. The van der Waals surface area contributed by atoms with Crippen molar-refractivity contribution in [2.75, 3.05) is 40.8 Å². The summed E-state index contributed by atoms with van der Waals surface area (Å²) in [7, 11) is 2.11. The molecule has 7 heteroatoms. The van der Waals surface area contributed by atoms with Crippen LogP contribution in [0.25, 0.3) is 0 Å². The second-order valence-electron chi connectivity index (χ2n) is 9.52. The third-order valence-electron chi connectivity index (χ3n) is 5.17. The van der Waals surface area contributed by atoms with Gasteiger partial charge in [0, 0.05) is 6.54 Å². The van der Waals surface area contributed by atoms with Gasteiger partial charge in [-0.2, -0.15) is 8.42 Å². The predicted molar refractivity (Wildman–Crippen MR) is 129 cm³/mol. The minimum Gasteiger partial charge on any atom is -0.330 e. The molecule has 0 bridgehead atoms. The Balaban J connectivity index is 0. The Bertz CT molecular complexity index is 429. The maximum absolute atomic E-state index is 8.74. The van der Waals surface area contributed by atoms with Gasteiger partial charge in [0.15, 0.2) is 0 Å². The first kappa shape index (κ1) is 32.0. The van der Waals surface area contributed by atoms with Crippen molar-refractivity contribution >= 4 is 10.4 Å². The van der Waals surface area contributed by atoms with Crippen LogP contribution < -0.4 is 5.32 Å². The van der Waals surface area contributed by atoms with Gasteiger partial charge in [-0.1, -0.05) is 103 Å². The summed E-state index contributed by atoms with van der Waals surface area (Å²) in [6, 6.07) is 0. The number of unbranched alkanes of at least 4 members (excludes halogenated alkanes) is 15. The highest BCUT2D eigenvalue weighted by Crippen LogP contribution is 2.13. The number of hydrogen-bond acceptors (Lipinski definition) is 3. The summed E-state index contributed by atoms with van der Waals surface area (Å²) in [5.74, 6) is 0. The van der Waals surface area contributed by atoms with Crippen LogP contribution in [0.3, 0.4) is 0 Å². The third-order valence-corrected chi connectivity index (χ3v) is 5.17. The summed E-state index contributed by atoms with van der Waals surface area (Å²) in [6.07, 6.45) is 23.2. The van der Waals surface area contributed by atoms with Crippen LogP contribution in [0.5, 0.6) is 0 Å². The van der Waals surface area contributed by atoms with E-state index in [1.165, 1.54) is 116 Å². The number of nitrogens with one attached hydrogen (secondary N) is 1. The van der Waals surface area contributed by atoms with Gasteiger partial charge in [0.05, 0.1) is 27.7 Å². The minimum absolute atomic E-state index is 1.06. The van der Waals surface area contributed by atoms with Crippen LogP contribution in [0.1, 0.15) is 110 Å². The summed E-state index contributed by atoms with van der Waals surface area (Å²) in [5.41, 5.74) is 0. The number of likely N-dealkylation sites (N-methyl/N-ethyl adjacent to an activating group) is 1. The van der Waals surface area contributed by atoms with E-state index in [0.717, 1.165) is 11.0 Å². The molecule has 0 aromatic heterocycles. The third kappa shape index (κ3) is 42.0. The molecule has 0 radical (unpaired) electrons. The SMILES string of the molecule is CCCCCCCCCCCCCCCCCCNCC[N+](C)(C)C.O=S(=O)(O)O. The lowest BCUT2D eigenvalue weighted by molar-refractivity contribution is -0.869. The number of nitrogens with zero attached hydrogens (tertiary/aromatic N) is 1. The summed E-state index contributed by atoms with van der Waals surface area (Å²) >= 11 is 0. The van der Waals surface area contributed by atoms with Crippen LogP contribution in [0.15, 0.2) is 0 Å². The van der Waals surface area contributed by atoms with Crippen LogP contribution in [-0.2, 0) is 10.4 Å². The Morgan fingerprint density at radius 1 is 0.600 bits per heavy atom. The molecule has 0 amide bonds. The molecule has 184 valence electrons. The molecule has 0 rings (SSSR count). The maximum atomic E-state index is 8.74. The van der Waals surface area contributed by atoms with Crippen LogP contribution in [0, 0.1) is 0 Å². The molecule has 0 spiro atoms. The topological polar surface area (TPSA) is 86.6 Å². The molecular weight excluding hydrogens is 400 g/mol. The van der Waals surface area contributed by atoms with Crippen molar-refractivity contribution < 1.29 is 22.0 Å². The van der Waals surface area contributed by atoms with Gasteiger partial charge in [-0.05, 0) is 13.0 Å². The van der Waals surface area contributed by atoms with E-state index < -0.39 is 10.4 Å². The minimum atomic E-state index is -4.67. The van der Waals surface area contributed by atoms with Crippen LogP contribution in [-0.4, -0.2) is 62.8 Å². The van der Waals surface area contributed by atoms with Crippen molar-refractivity contribution in [3.63, 3.8) is 0 Å². The first-order valence-electron chi connectivity index (χ1n) is 12.3. The van der Waals surface area contributed by atoms with Gasteiger partial charge < -0.3 is 9.80 Å². The lowest BCUT2D eigenvalue weighted by atomic mass is 10.0. The lowest BCUT2D eigenvalue weighted by Crippen LogP contribution is -2.40. The monoisotopic (exact) mass is 453 g/mol. The van der Waals surface area contributed by atoms with Crippen LogP contribution >= 0.6 is 0 Å². The largest absolute Gasteiger partial charge is 0.394 e. The summed E-state index contributed by atoms with van der Waals surface area (Å²) < 4.78 is 32.6. The van der Waals surface area contributed by atoms with Crippen LogP contribution in [0.4, 0.5) is 0 Å². The Labute approximate surface area is 188 Å². The standard InChI is InChI=1S/C23H51N2.H2O4S/c1-5-6-7-8-9-10-11-12-13-14-15-16-17-18-19-20-21-24-22-23-25(2,3)4;1-5(2,3)4/h24H,5-23H2,1-4H3;(H2,1,2,3,4)/q+1;. The summed E-state index contributed by atoms with van der Waals surface area (Å²) in [4.78, 5) is 0. The molecule has 0 aromatic rings. The van der Waals surface area contributed by atoms with Gasteiger partial charge in [-0.15, -0.1) is 0 Å². The first-order chi connectivity index (χ1) is 14.1. The zero-order chi connectivity index (χ0) is 23.1. The molecule has 0 heterocycles. The zero-order valence-corrected chi connectivity index (χ0v) is 21.3. The highest BCUT2D eigenvalue weighted by molar-refractivity contribution is 7.79. The van der Waals surface area contributed by atoms with Crippen molar-refractivity contribution in [3.05, 3.63) is 0 Å². The molecule has 0 aliphatic heterocycles. The highest BCUT2D eigenvalue weighted by atomic mass is 32.3. The quantitative estimate of drug-likeness (QED) is 0.121. The number of rotatable bonds is 20. The second-order valence-corrected chi connectivity index (χ2v) is 10.4. The van der Waals surface area contributed by atoms with E-state index in [1.54, 1.807) is 0 Å². The molecular formula is C23H53N2O4S+. The van der Waals surface area contributed by atoms with Crippen LogP contribution in [0.2, 0.25) is 0 Å². The number of hydrogen-bond donors (Lipinski definition) is 3. The van der Waals surface area contributed by atoms with Crippen molar-refractivity contribution in [3.8, 4) is 0 Å². The molecule has 0 unspecified atom stereocenters. The van der Waals surface area contributed by atoms with E-state index in [-0.39, 0.29) is 0 Å². The molecule has 30 heavy (non-hydrogen) atoms. The van der Waals surface area contributed by atoms with Gasteiger partial charge in [-0.25, -0.2) is 0 Å². The molecule has 0 aliphatic rings. The Hall–Kier alpha value is -0.210. The van der Waals surface area contributed by atoms with E-state index in [9.17, 15) is 0 Å². The first-order valence-corrected chi connectivity index (χ1v) is 13.7. The molecule has 3 N–H and O–H groups in total. The predicted octanol–water partition coefficient (Wildman–Crippen LogP) is 5.89. The van der Waals surface area contributed by atoms with E-state index in [2.05, 4.69) is 33.4 Å². The highest BCUT2D eigenvalue weighted by Gasteiger charge is 2.04. The summed E-state index contributed by atoms with van der Waals surface area (Å²) in [6.45, 7) is 5.88. The lowest BCUT2D eigenvalue weighted by Gasteiger charge is -2.23. The summed E-state index contributed by atoms with van der Waals surface area (Å²) in [5, 5.41) is 3.58. The Morgan fingerprint density at radius 2 is 0.900 bits per heavy atom. The van der Waals surface area contributed by atoms with E-state index >= 15 is 0 Å². The maximum Gasteiger partial charge on any atom is 0.394 e. The molecule has 0 fully saturated rings. The Kier molecular flexibility index (Phi) is 23.4. The van der Waals surface area contributed by atoms with E-state index in [0.29, 0.717) is 0 Å². The molecule has 0 saturated heterocycles. The fraction of sp³-hybridized carbons (Fsp3) is 1.00. The van der Waals surface area contributed by atoms with Gasteiger partial charge in [0.1, 0.15) is 0 Å². The fourth-order valence-electron chi connectivity index (χ4n) is 3.34. The van der Waals surface area contributed by atoms with Gasteiger partial charge in [0.25, 0.3) is 0 Å². The molecule has 0 aliphatic carbocycles. The second kappa shape index (κ2) is 22.0. The fourth-order valence-corrected chi connectivity index (χ4v) is 3.34. The van der Waals surface area contributed by atoms with E-state index in [1.807, 2.05) is 0 Å². The van der Waals surface area contributed by atoms with Gasteiger partial charge in [0.2, 0.25) is 0 Å². The number of quaternary nitrogens is 1. The van der Waals surface area contributed by atoms with Crippen molar-refractivity contribution in [2.24, 2.45) is 0 Å². The van der Waals surface area contributed by atoms with Gasteiger partial charge >= 0.3 is 10.4 Å².